The molecule has 2 aromatic carbocycles. The molecule has 5 heteroatoms. The summed E-state index contributed by atoms with van der Waals surface area (Å²) < 4.78 is 23.8. The summed E-state index contributed by atoms with van der Waals surface area (Å²) in [7, 11) is 0. The largest absolute Gasteiger partial charge is 0.494 e. The zero-order chi connectivity index (χ0) is 17.5. The van der Waals surface area contributed by atoms with Gasteiger partial charge in [-0.1, -0.05) is 12.1 Å². The summed E-state index contributed by atoms with van der Waals surface area (Å²) in [5.41, 5.74) is 0.973. The van der Waals surface area contributed by atoms with Crippen LogP contribution in [0.1, 0.15) is 32.4 Å². The second kappa shape index (κ2) is 8.34. The first-order valence-electron chi connectivity index (χ1n) is 7.95. The van der Waals surface area contributed by atoms with Gasteiger partial charge in [-0.3, -0.25) is 4.79 Å². The molecule has 2 rings (SSSR count). The first-order valence-corrected chi connectivity index (χ1v) is 7.95. The number of hydrogen-bond donors (Lipinski definition) is 1. The molecular formula is C19H22FNO3. The standard InChI is InChI=1S/C19H22FNO3/c1-4-23-17-9-5-15(6-10-17)13(2)21-19(22)14(3)24-18-11-7-16(20)8-12-18/h5-14H,4H2,1-3H3,(H,21,22)/t13-,14+/m0/s1. The Bertz CT molecular complexity index is 655. The number of rotatable bonds is 7. The molecule has 0 spiro atoms. The molecule has 0 saturated heterocycles. The number of ether oxygens (including phenoxy) is 2. The van der Waals surface area contributed by atoms with Crippen molar-refractivity contribution in [1.29, 1.82) is 0 Å². The van der Waals surface area contributed by atoms with Gasteiger partial charge in [0, 0.05) is 0 Å². The number of carbonyl (C=O) groups excluding carboxylic acids is 1. The predicted molar refractivity (Wildman–Crippen MR) is 90.7 cm³/mol. The number of amides is 1. The van der Waals surface area contributed by atoms with Crippen LogP contribution in [-0.4, -0.2) is 18.6 Å². The van der Waals surface area contributed by atoms with Gasteiger partial charge >= 0.3 is 0 Å². The predicted octanol–water partition coefficient (Wildman–Crippen LogP) is 3.87. The van der Waals surface area contributed by atoms with Gasteiger partial charge in [0.1, 0.15) is 17.3 Å². The molecule has 0 fully saturated rings. The molecule has 0 aliphatic rings. The van der Waals surface area contributed by atoms with Gasteiger partial charge < -0.3 is 14.8 Å². The van der Waals surface area contributed by atoms with Gasteiger partial charge in [0.05, 0.1) is 12.6 Å². The van der Waals surface area contributed by atoms with Crippen LogP contribution in [0.3, 0.4) is 0 Å². The van der Waals surface area contributed by atoms with Crippen LogP contribution in [0.15, 0.2) is 48.5 Å². The zero-order valence-electron chi connectivity index (χ0n) is 14.1. The minimum atomic E-state index is -0.680. The third kappa shape index (κ3) is 4.98. The monoisotopic (exact) mass is 331 g/mol. The van der Waals surface area contributed by atoms with Gasteiger partial charge in [-0.25, -0.2) is 4.39 Å². The van der Waals surface area contributed by atoms with Crippen LogP contribution >= 0.6 is 0 Å². The maximum atomic E-state index is 12.9. The van der Waals surface area contributed by atoms with Crippen molar-refractivity contribution in [2.45, 2.75) is 32.9 Å². The van der Waals surface area contributed by atoms with E-state index in [4.69, 9.17) is 9.47 Å². The molecule has 0 aliphatic carbocycles. The number of carbonyl (C=O) groups is 1. The molecular weight excluding hydrogens is 309 g/mol. The van der Waals surface area contributed by atoms with E-state index in [9.17, 15) is 9.18 Å². The molecule has 128 valence electrons. The Morgan fingerprint density at radius 3 is 2.21 bits per heavy atom. The second-order valence-corrected chi connectivity index (χ2v) is 5.45. The molecule has 0 bridgehead atoms. The van der Waals surface area contributed by atoms with Crippen molar-refractivity contribution in [3.05, 3.63) is 59.9 Å². The molecule has 2 atom stereocenters. The van der Waals surface area contributed by atoms with Crippen molar-refractivity contribution < 1.29 is 18.7 Å². The van der Waals surface area contributed by atoms with Crippen molar-refractivity contribution in [2.75, 3.05) is 6.61 Å². The normalized spacial score (nSPS) is 13.0. The highest BCUT2D eigenvalue weighted by molar-refractivity contribution is 5.81. The van der Waals surface area contributed by atoms with E-state index in [1.165, 1.54) is 24.3 Å². The van der Waals surface area contributed by atoms with Crippen LogP contribution in [0.5, 0.6) is 11.5 Å². The van der Waals surface area contributed by atoms with Gasteiger partial charge in [0.25, 0.3) is 5.91 Å². The first-order chi connectivity index (χ1) is 11.5. The smallest absolute Gasteiger partial charge is 0.261 e. The van der Waals surface area contributed by atoms with Crippen LogP contribution in [0.25, 0.3) is 0 Å². The molecule has 0 aromatic heterocycles. The quantitative estimate of drug-likeness (QED) is 0.838. The van der Waals surface area contributed by atoms with Gasteiger partial charge in [-0.2, -0.15) is 0 Å². The lowest BCUT2D eigenvalue weighted by atomic mass is 10.1. The summed E-state index contributed by atoms with van der Waals surface area (Å²) in [5, 5.41) is 2.90. The number of hydrogen-bond acceptors (Lipinski definition) is 3. The number of benzene rings is 2. The first kappa shape index (κ1) is 17.8. The number of halogens is 1. The molecule has 0 radical (unpaired) electrons. The fraction of sp³-hybridized carbons (Fsp3) is 0.316. The van der Waals surface area contributed by atoms with Gasteiger partial charge in [-0.05, 0) is 62.7 Å². The molecule has 0 heterocycles. The van der Waals surface area contributed by atoms with E-state index in [0.717, 1.165) is 11.3 Å². The Morgan fingerprint density at radius 1 is 1.04 bits per heavy atom. The molecule has 4 nitrogen and oxygen atoms in total. The van der Waals surface area contributed by atoms with E-state index in [0.29, 0.717) is 12.4 Å². The second-order valence-electron chi connectivity index (χ2n) is 5.45. The molecule has 0 aliphatic heterocycles. The van der Waals surface area contributed by atoms with E-state index in [2.05, 4.69) is 5.32 Å². The Hall–Kier alpha value is -2.56. The highest BCUT2D eigenvalue weighted by Gasteiger charge is 2.17. The topological polar surface area (TPSA) is 47.6 Å². The lowest BCUT2D eigenvalue weighted by Crippen LogP contribution is -2.37. The van der Waals surface area contributed by atoms with Crippen LogP contribution in [0.2, 0.25) is 0 Å². The molecule has 24 heavy (non-hydrogen) atoms. The van der Waals surface area contributed by atoms with E-state index in [1.54, 1.807) is 6.92 Å². The van der Waals surface area contributed by atoms with Crippen molar-refractivity contribution >= 4 is 5.91 Å². The Balaban J connectivity index is 1.91. The fourth-order valence-corrected chi connectivity index (χ4v) is 2.20. The third-order valence-corrected chi connectivity index (χ3v) is 3.55. The van der Waals surface area contributed by atoms with E-state index >= 15 is 0 Å². The molecule has 1 amide bonds. The average Bonchev–Trinajstić information content (AvgIpc) is 2.57. The maximum absolute atomic E-state index is 12.9. The molecule has 0 unspecified atom stereocenters. The van der Waals surface area contributed by atoms with E-state index < -0.39 is 6.10 Å². The lowest BCUT2D eigenvalue weighted by molar-refractivity contribution is -0.127. The lowest BCUT2D eigenvalue weighted by Gasteiger charge is -2.19. The zero-order valence-corrected chi connectivity index (χ0v) is 14.1. The fourth-order valence-electron chi connectivity index (χ4n) is 2.20. The van der Waals surface area contributed by atoms with Crippen LogP contribution < -0.4 is 14.8 Å². The Kier molecular flexibility index (Phi) is 6.18. The third-order valence-electron chi connectivity index (χ3n) is 3.55. The highest BCUT2D eigenvalue weighted by Crippen LogP contribution is 2.18. The minimum absolute atomic E-state index is 0.160. The van der Waals surface area contributed by atoms with Gasteiger partial charge in [0.2, 0.25) is 0 Å². The summed E-state index contributed by atoms with van der Waals surface area (Å²) in [6, 6.07) is 13.0. The summed E-state index contributed by atoms with van der Waals surface area (Å²) in [6.07, 6.45) is -0.680. The minimum Gasteiger partial charge on any atom is -0.494 e. The maximum Gasteiger partial charge on any atom is 0.261 e. The van der Waals surface area contributed by atoms with Crippen molar-refractivity contribution in [2.24, 2.45) is 0 Å². The average molecular weight is 331 g/mol. The van der Waals surface area contributed by atoms with E-state index in [1.807, 2.05) is 38.1 Å². The van der Waals surface area contributed by atoms with Crippen LogP contribution in [0.4, 0.5) is 4.39 Å². The summed E-state index contributed by atoms with van der Waals surface area (Å²) in [4.78, 5) is 12.2. The summed E-state index contributed by atoms with van der Waals surface area (Å²) in [6.45, 7) is 6.10. The summed E-state index contributed by atoms with van der Waals surface area (Å²) in [5.74, 6) is 0.671. The highest BCUT2D eigenvalue weighted by atomic mass is 19.1. The van der Waals surface area contributed by atoms with Gasteiger partial charge in [-0.15, -0.1) is 0 Å². The number of nitrogens with one attached hydrogen (secondary N) is 1. The Labute approximate surface area is 141 Å². The van der Waals surface area contributed by atoms with E-state index in [-0.39, 0.29) is 17.8 Å². The van der Waals surface area contributed by atoms with Gasteiger partial charge in [0.15, 0.2) is 6.10 Å². The molecule has 1 N–H and O–H groups in total. The molecule has 2 aromatic rings. The molecule has 0 saturated carbocycles. The Morgan fingerprint density at radius 2 is 1.62 bits per heavy atom. The SMILES string of the molecule is CCOc1ccc([C@H](C)NC(=O)[C@@H](C)Oc2ccc(F)cc2)cc1. The van der Waals surface area contributed by atoms with Crippen molar-refractivity contribution in [3.63, 3.8) is 0 Å². The van der Waals surface area contributed by atoms with Crippen molar-refractivity contribution in [3.8, 4) is 11.5 Å². The van der Waals surface area contributed by atoms with Crippen LogP contribution in [0, 0.1) is 5.82 Å². The van der Waals surface area contributed by atoms with Crippen LogP contribution in [-0.2, 0) is 4.79 Å². The van der Waals surface area contributed by atoms with Crippen molar-refractivity contribution in [1.82, 2.24) is 5.32 Å². The summed E-state index contributed by atoms with van der Waals surface area (Å²) >= 11 is 0.